The van der Waals surface area contributed by atoms with Crippen molar-refractivity contribution in [1.29, 1.82) is 0 Å². The number of rotatable bonds is 3. The molecular formula is C22H27N3O. The van der Waals surface area contributed by atoms with Crippen LogP contribution in [-0.2, 0) is 17.8 Å². The number of piperazine rings is 1. The van der Waals surface area contributed by atoms with E-state index in [9.17, 15) is 4.79 Å². The molecule has 0 spiro atoms. The van der Waals surface area contributed by atoms with Crippen LogP contribution in [0.3, 0.4) is 0 Å². The summed E-state index contributed by atoms with van der Waals surface area (Å²) in [6, 6.07) is 19.0. The standard InChI is InChI=1S/C22H27N3O/c1-23-12-11-19-9-5-6-10-20(19)21(22(23)26)25-15-13-24(14-16-25)17-18-7-3-2-4-8-18/h2-10,21H,11-17H2,1H3. The van der Waals surface area contributed by atoms with Gasteiger partial charge in [0.2, 0.25) is 5.91 Å². The van der Waals surface area contributed by atoms with E-state index in [-0.39, 0.29) is 11.9 Å². The number of amides is 1. The fourth-order valence-corrected chi connectivity index (χ4v) is 4.14. The van der Waals surface area contributed by atoms with Crippen molar-refractivity contribution in [3.8, 4) is 0 Å². The Bertz CT molecular complexity index is 753. The van der Waals surface area contributed by atoms with Gasteiger partial charge >= 0.3 is 0 Å². The maximum atomic E-state index is 13.1. The van der Waals surface area contributed by atoms with Crippen molar-refractivity contribution in [2.45, 2.75) is 19.0 Å². The van der Waals surface area contributed by atoms with Crippen molar-refractivity contribution in [3.63, 3.8) is 0 Å². The maximum absolute atomic E-state index is 13.1. The predicted molar refractivity (Wildman–Crippen MR) is 104 cm³/mol. The lowest BCUT2D eigenvalue weighted by Crippen LogP contribution is -2.50. The topological polar surface area (TPSA) is 26.8 Å². The molecule has 4 rings (SSSR count). The highest BCUT2D eigenvalue weighted by molar-refractivity contribution is 5.84. The number of likely N-dealkylation sites (N-methyl/N-ethyl adjacent to an activating group) is 1. The Labute approximate surface area is 156 Å². The van der Waals surface area contributed by atoms with Gasteiger partial charge in [-0.3, -0.25) is 14.6 Å². The van der Waals surface area contributed by atoms with Crippen molar-refractivity contribution in [3.05, 3.63) is 71.3 Å². The van der Waals surface area contributed by atoms with Crippen LogP contribution in [0.5, 0.6) is 0 Å². The third-order valence-electron chi connectivity index (χ3n) is 5.70. The molecule has 136 valence electrons. The molecule has 1 atom stereocenters. The Morgan fingerprint density at radius 3 is 2.35 bits per heavy atom. The Morgan fingerprint density at radius 2 is 1.58 bits per heavy atom. The molecule has 4 heteroatoms. The van der Waals surface area contributed by atoms with Crippen LogP contribution in [0.1, 0.15) is 22.7 Å². The highest BCUT2D eigenvalue weighted by Crippen LogP contribution is 2.30. The second-order valence-corrected chi connectivity index (χ2v) is 7.41. The van der Waals surface area contributed by atoms with Crippen molar-refractivity contribution >= 4 is 5.91 Å². The van der Waals surface area contributed by atoms with Gasteiger partial charge in [-0.1, -0.05) is 54.6 Å². The number of benzene rings is 2. The fourth-order valence-electron chi connectivity index (χ4n) is 4.14. The molecule has 2 aliphatic rings. The second-order valence-electron chi connectivity index (χ2n) is 7.41. The summed E-state index contributed by atoms with van der Waals surface area (Å²) in [6.45, 7) is 5.68. The number of fused-ring (bicyclic) bond motifs is 1. The minimum Gasteiger partial charge on any atom is -0.344 e. The van der Waals surface area contributed by atoms with E-state index < -0.39 is 0 Å². The summed E-state index contributed by atoms with van der Waals surface area (Å²) >= 11 is 0. The molecule has 0 N–H and O–H groups in total. The lowest BCUT2D eigenvalue weighted by Gasteiger charge is -2.39. The van der Waals surface area contributed by atoms with Gasteiger partial charge in [0.05, 0.1) is 0 Å². The van der Waals surface area contributed by atoms with Gasteiger partial charge in [-0.25, -0.2) is 0 Å². The van der Waals surface area contributed by atoms with E-state index in [0.717, 1.165) is 45.7 Å². The Morgan fingerprint density at radius 1 is 0.885 bits per heavy atom. The Kier molecular flexibility index (Phi) is 5.05. The smallest absolute Gasteiger partial charge is 0.244 e. The Hall–Kier alpha value is -2.17. The molecular weight excluding hydrogens is 322 g/mol. The van der Waals surface area contributed by atoms with Crippen LogP contribution in [0.25, 0.3) is 0 Å². The monoisotopic (exact) mass is 349 g/mol. The molecule has 4 nitrogen and oxygen atoms in total. The molecule has 2 aromatic rings. The summed E-state index contributed by atoms with van der Waals surface area (Å²) in [5.74, 6) is 0.242. The minimum atomic E-state index is -0.127. The molecule has 0 radical (unpaired) electrons. The van der Waals surface area contributed by atoms with E-state index in [2.05, 4.69) is 64.4 Å². The van der Waals surface area contributed by atoms with Crippen LogP contribution < -0.4 is 0 Å². The number of carbonyl (C=O) groups excluding carboxylic acids is 1. The van der Waals surface area contributed by atoms with Crippen molar-refractivity contribution < 1.29 is 4.79 Å². The zero-order valence-corrected chi connectivity index (χ0v) is 15.5. The average molecular weight is 349 g/mol. The third-order valence-corrected chi connectivity index (χ3v) is 5.70. The number of hydrogen-bond acceptors (Lipinski definition) is 3. The summed E-state index contributed by atoms with van der Waals surface area (Å²) in [5.41, 5.74) is 3.89. The highest BCUT2D eigenvalue weighted by Gasteiger charge is 2.35. The van der Waals surface area contributed by atoms with E-state index >= 15 is 0 Å². The van der Waals surface area contributed by atoms with Crippen LogP contribution in [-0.4, -0.2) is 60.4 Å². The van der Waals surface area contributed by atoms with Gasteiger partial charge in [-0.2, -0.15) is 0 Å². The van der Waals surface area contributed by atoms with E-state index in [4.69, 9.17) is 0 Å². The van der Waals surface area contributed by atoms with Gasteiger partial charge in [0.25, 0.3) is 0 Å². The first kappa shape index (κ1) is 17.3. The summed E-state index contributed by atoms with van der Waals surface area (Å²) in [7, 11) is 1.94. The van der Waals surface area contributed by atoms with Gasteiger partial charge in [-0.15, -0.1) is 0 Å². The molecule has 0 saturated carbocycles. The number of carbonyl (C=O) groups is 1. The third kappa shape index (κ3) is 3.53. The van der Waals surface area contributed by atoms with Crippen molar-refractivity contribution in [2.24, 2.45) is 0 Å². The van der Waals surface area contributed by atoms with E-state index in [0.29, 0.717) is 0 Å². The fraction of sp³-hybridized carbons (Fsp3) is 0.409. The zero-order valence-electron chi connectivity index (χ0n) is 15.5. The van der Waals surface area contributed by atoms with Crippen LogP contribution in [0.4, 0.5) is 0 Å². The first-order valence-electron chi connectivity index (χ1n) is 9.55. The summed E-state index contributed by atoms with van der Waals surface area (Å²) in [4.78, 5) is 19.8. The van der Waals surface area contributed by atoms with Crippen LogP contribution in [0.2, 0.25) is 0 Å². The molecule has 1 fully saturated rings. The quantitative estimate of drug-likeness (QED) is 0.852. The lowest BCUT2D eigenvalue weighted by atomic mass is 9.97. The second kappa shape index (κ2) is 7.60. The highest BCUT2D eigenvalue weighted by atomic mass is 16.2. The molecule has 1 unspecified atom stereocenters. The van der Waals surface area contributed by atoms with Crippen LogP contribution >= 0.6 is 0 Å². The van der Waals surface area contributed by atoms with Crippen molar-refractivity contribution in [2.75, 3.05) is 39.8 Å². The lowest BCUT2D eigenvalue weighted by molar-refractivity contribution is -0.136. The zero-order chi connectivity index (χ0) is 17.9. The molecule has 2 aliphatic heterocycles. The number of hydrogen-bond donors (Lipinski definition) is 0. The summed E-state index contributed by atoms with van der Waals surface area (Å²) in [6.07, 6.45) is 0.947. The molecule has 0 bridgehead atoms. The van der Waals surface area contributed by atoms with Crippen molar-refractivity contribution in [1.82, 2.24) is 14.7 Å². The van der Waals surface area contributed by atoms with E-state index in [1.807, 2.05) is 11.9 Å². The molecule has 0 aliphatic carbocycles. The van der Waals surface area contributed by atoms with Gasteiger partial charge in [0.1, 0.15) is 6.04 Å². The normalized spacial score (nSPS) is 22.1. The molecule has 26 heavy (non-hydrogen) atoms. The molecule has 0 aromatic heterocycles. The van der Waals surface area contributed by atoms with Crippen LogP contribution in [0.15, 0.2) is 54.6 Å². The van der Waals surface area contributed by atoms with E-state index in [1.54, 1.807) is 0 Å². The first-order chi connectivity index (χ1) is 12.7. The predicted octanol–water partition coefficient (Wildman–Crippen LogP) is 2.56. The van der Waals surface area contributed by atoms with Gasteiger partial charge < -0.3 is 4.90 Å². The Balaban J connectivity index is 1.48. The van der Waals surface area contributed by atoms with E-state index in [1.165, 1.54) is 16.7 Å². The first-order valence-corrected chi connectivity index (χ1v) is 9.55. The minimum absolute atomic E-state index is 0.127. The average Bonchev–Trinajstić information content (AvgIpc) is 2.81. The van der Waals surface area contributed by atoms with Gasteiger partial charge in [0.15, 0.2) is 0 Å². The van der Waals surface area contributed by atoms with Crippen LogP contribution in [0, 0.1) is 0 Å². The maximum Gasteiger partial charge on any atom is 0.244 e. The largest absolute Gasteiger partial charge is 0.344 e. The summed E-state index contributed by atoms with van der Waals surface area (Å²) in [5, 5.41) is 0. The molecule has 1 saturated heterocycles. The SMILES string of the molecule is CN1CCc2ccccc2C(N2CCN(Cc3ccccc3)CC2)C1=O. The van der Waals surface area contributed by atoms with Gasteiger partial charge in [0, 0.05) is 46.3 Å². The van der Waals surface area contributed by atoms with Gasteiger partial charge in [-0.05, 0) is 23.1 Å². The molecule has 1 amide bonds. The summed E-state index contributed by atoms with van der Waals surface area (Å²) < 4.78 is 0. The number of nitrogens with zero attached hydrogens (tertiary/aromatic N) is 3. The molecule has 2 heterocycles. The molecule has 2 aromatic carbocycles.